The SMILES string of the molecule is CCN1CCC(c2nc3cccnc3n2C2CCCS2)C1. The highest BCUT2D eigenvalue weighted by atomic mass is 32.2. The van der Waals surface area contributed by atoms with E-state index in [1.807, 2.05) is 12.3 Å². The number of hydrogen-bond donors (Lipinski definition) is 0. The largest absolute Gasteiger partial charge is 0.303 e. The molecular formula is C16H22N4S. The summed E-state index contributed by atoms with van der Waals surface area (Å²) >= 11 is 2.06. The Morgan fingerprint density at radius 3 is 3.10 bits per heavy atom. The van der Waals surface area contributed by atoms with Gasteiger partial charge in [0.1, 0.15) is 11.3 Å². The smallest absolute Gasteiger partial charge is 0.160 e. The van der Waals surface area contributed by atoms with Gasteiger partial charge in [-0.25, -0.2) is 9.97 Å². The number of likely N-dealkylation sites (tertiary alicyclic amines) is 1. The average molecular weight is 302 g/mol. The van der Waals surface area contributed by atoms with Crippen molar-refractivity contribution in [2.75, 3.05) is 25.4 Å². The summed E-state index contributed by atoms with van der Waals surface area (Å²) < 4.78 is 2.46. The van der Waals surface area contributed by atoms with Crippen LogP contribution in [-0.2, 0) is 0 Å². The van der Waals surface area contributed by atoms with E-state index >= 15 is 0 Å². The molecule has 0 saturated carbocycles. The van der Waals surface area contributed by atoms with Crippen LogP contribution in [0.5, 0.6) is 0 Å². The molecule has 2 aromatic rings. The number of nitrogens with zero attached hydrogens (tertiary/aromatic N) is 4. The van der Waals surface area contributed by atoms with Crippen molar-refractivity contribution in [3.63, 3.8) is 0 Å². The fourth-order valence-corrected chi connectivity index (χ4v) is 4.91. The first-order valence-electron chi connectivity index (χ1n) is 8.03. The third-order valence-electron chi connectivity index (χ3n) is 4.75. The van der Waals surface area contributed by atoms with Gasteiger partial charge in [-0.3, -0.25) is 4.57 Å². The lowest BCUT2D eigenvalue weighted by molar-refractivity contribution is 0.351. The predicted molar refractivity (Wildman–Crippen MR) is 87.7 cm³/mol. The molecule has 112 valence electrons. The second-order valence-corrected chi connectivity index (χ2v) is 7.32. The minimum absolute atomic E-state index is 0.538. The van der Waals surface area contributed by atoms with Crippen LogP contribution >= 0.6 is 11.8 Å². The molecule has 0 amide bonds. The highest BCUT2D eigenvalue weighted by molar-refractivity contribution is 7.99. The molecule has 0 radical (unpaired) electrons. The molecule has 4 heterocycles. The van der Waals surface area contributed by atoms with E-state index in [-0.39, 0.29) is 0 Å². The molecule has 2 unspecified atom stereocenters. The second-order valence-electron chi connectivity index (χ2n) is 6.03. The fourth-order valence-electron chi connectivity index (χ4n) is 3.61. The van der Waals surface area contributed by atoms with E-state index in [2.05, 4.69) is 39.2 Å². The lowest BCUT2D eigenvalue weighted by Gasteiger charge is -2.19. The zero-order valence-electron chi connectivity index (χ0n) is 12.5. The van der Waals surface area contributed by atoms with Crippen molar-refractivity contribution in [3.8, 4) is 0 Å². The fraction of sp³-hybridized carbons (Fsp3) is 0.625. The van der Waals surface area contributed by atoms with E-state index in [1.54, 1.807) is 0 Å². The standard InChI is InChI=1S/C16H22N4S/c1-2-19-9-7-12(11-19)15-18-13-5-3-8-17-16(13)20(15)14-6-4-10-21-14/h3,5,8,12,14H,2,4,6-7,9-11H2,1H3. The number of hydrogen-bond acceptors (Lipinski definition) is 4. The third kappa shape index (κ3) is 2.36. The zero-order valence-corrected chi connectivity index (χ0v) is 13.4. The highest BCUT2D eigenvalue weighted by Gasteiger charge is 2.31. The Labute approximate surface area is 129 Å². The lowest BCUT2D eigenvalue weighted by atomic mass is 10.1. The number of imidazole rings is 1. The molecule has 5 heteroatoms. The van der Waals surface area contributed by atoms with E-state index in [1.165, 1.54) is 37.4 Å². The molecule has 0 aliphatic carbocycles. The van der Waals surface area contributed by atoms with Crippen molar-refractivity contribution in [1.29, 1.82) is 0 Å². The first-order chi connectivity index (χ1) is 10.4. The van der Waals surface area contributed by atoms with Crippen LogP contribution in [-0.4, -0.2) is 44.8 Å². The van der Waals surface area contributed by atoms with Gasteiger partial charge in [-0.1, -0.05) is 6.92 Å². The van der Waals surface area contributed by atoms with Crippen LogP contribution < -0.4 is 0 Å². The summed E-state index contributed by atoms with van der Waals surface area (Å²) in [7, 11) is 0. The molecule has 4 nitrogen and oxygen atoms in total. The maximum atomic E-state index is 4.97. The van der Waals surface area contributed by atoms with Crippen LogP contribution in [0.25, 0.3) is 11.2 Å². The van der Waals surface area contributed by atoms with Gasteiger partial charge in [0.2, 0.25) is 0 Å². The molecule has 2 saturated heterocycles. The maximum absolute atomic E-state index is 4.97. The molecule has 21 heavy (non-hydrogen) atoms. The highest BCUT2D eigenvalue weighted by Crippen LogP contribution is 2.40. The van der Waals surface area contributed by atoms with E-state index in [0.717, 1.165) is 24.3 Å². The summed E-state index contributed by atoms with van der Waals surface area (Å²) in [5.74, 6) is 3.11. The molecule has 4 rings (SSSR count). The number of fused-ring (bicyclic) bond motifs is 1. The molecule has 2 aromatic heterocycles. The summed E-state index contributed by atoms with van der Waals surface area (Å²) in [5, 5.41) is 0.538. The van der Waals surface area contributed by atoms with Gasteiger partial charge in [0.25, 0.3) is 0 Å². The average Bonchev–Trinajstić information content (AvgIpc) is 3.24. The first kappa shape index (κ1) is 13.6. The summed E-state index contributed by atoms with van der Waals surface area (Å²) in [6.45, 7) is 5.75. The summed E-state index contributed by atoms with van der Waals surface area (Å²) in [5.41, 5.74) is 2.15. The Hall–Kier alpha value is -1.07. The topological polar surface area (TPSA) is 34.0 Å². The molecule has 0 aromatic carbocycles. The van der Waals surface area contributed by atoms with Crippen LogP contribution in [0.2, 0.25) is 0 Å². The molecule has 0 spiro atoms. The van der Waals surface area contributed by atoms with Gasteiger partial charge in [0.05, 0.1) is 5.37 Å². The van der Waals surface area contributed by atoms with Crippen LogP contribution in [0.15, 0.2) is 18.3 Å². The summed E-state index contributed by atoms with van der Waals surface area (Å²) in [4.78, 5) is 12.1. The van der Waals surface area contributed by atoms with Crippen LogP contribution in [0, 0.1) is 0 Å². The number of pyridine rings is 1. The molecular weight excluding hydrogens is 280 g/mol. The van der Waals surface area contributed by atoms with Crippen molar-refractivity contribution < 1.29 is 0 Å². The Morgan fingerprint density at radius 2 is 2.33 bits per heavy atom. The van der Waals surface area contributed by atoms with Crippen molar-refractivity contribution in [2.45, 2.75) is 37.5 Å². The van der Waals surface area contributed by atoms with Crippen LogP contribution in [0.4, 0.5) is 0 Å². The Bertz CT molecular complexity index is 632. The maximum Gasteiger partial charge on any atom is 0.160 e. The van der Waals surface area contributed by atoms with E-state index in [9.17, 15) is 0 Å². The van der Waals surface area contributed by atoms with Crippen molar-refractivity contribution in [3.05, 3.63) is 24.2 Å². The van der Waals surface area contributed by atoms with Crippen LogP contribution in [0.1, 0.15) is 43.3 Å². The first-order valence-corrected chi connectivity index (χ1v) is 9.08. The molecule has 0 bridgehead atoms. The minimum atomic E-state index is 0.538. The molecule has 0 N–H and O–H groups in total. The van der Waals surface area contributed by atoms with Gasteiger partial charge in [0, 0.05) is 18.7 Å². The third-order valence-corrected chi connectivity index (χ3v) is 6.11. The molecule has 2 fully saturated rings. The summed E-state index contributed by atoms with van der Waals surface area (Å²) in [6.07, 6.45) is 5.70. The number of likely N-dealkylation sites (N-methyl/N-ethyl adjacent to an activating group) is 1. The second kappa shape index (κ2) is 5.61. The van der Waals surface area contributed by atoms with Gasteiger partial charge < -0.3 is 4.90 Å². The number of rotatable bonds is 3. The van der Waals surface area contributed by atoms with Crippen LogP contribution in [0.3, 0.4) is 0 Å². The van der Waals surface area contributed by atoms with Gasteiger partial charge >= 0.3 is 0 Å². The number of aromatic nitrogens is 3. The van der Waals surface area contributed by atoms with Crippen molar-refractivity contribution >= 4 is 22.9 Å². The predicted octanol–water partition coefficient (Wildman–Crippen LogP) is 3.27. The van der Waals surface area contributed by atoms with Crippen molar-refractivity contribution in [2.24, 2.45) is 0 Å². The molecule has 2 aliphatic heterocycles. The van der Waals surface area contributed by atoms with Crippen molar-refractivity contribution in [1.82, 2.24) is 19.4 Å². The minimum Gasteiger partial charge on any atom is -0.303 e. The normalized spacial score (nSPS) is 26.9. The van der Waals surface area contributed by atoms with E-state index < -0.39 is 0 Å². The quantitative estimate of drug-likeness (QED) is 0.871. The Kier molecular flexibility index (Phi) is 3.63. The van der Waals surface area contributed by atoms with Gasteiger partial charge in [-0.2, -0.15) is 0 Å². The van der Waals surface area contributed by atoms with Gasteiger partial charge in [0.15, 0.2) is 5.65 Å². The number of thioether (sulfide) groups is 1. The Morgan fingerprint density at radius 1 is 1.38 bits per heavy atom. The Balaban J connectivity index is 1.78. The van der Waals surface area contributed by atoms with E-state index in [0.29, 0.717) is 11.3 Å². The molecule has 2 aliphatic rings. The van der Waals surface area contributed by atoms with Gasteiger partial charge in [-0.15, -0.1) is 11.8 Å². The lowest BCUT2D eigenvalue weighted by Crippen LogP contribution is -2.20. The van der Waals surface area contributed by atoms with E-state index in [4.69, 9.17) is 4.98 Å². The monoisotopic (exact) mass is 302 g/mol. The van der Waals surface area contributed by atoms with Gasteiger partial charge in [-0.05, 0) is 50.2 Å². The zero-order chi connectivity index (χ0) is 14.2. The molecule has 2 atom stereocenters. The summed E-state index contributed by atoms with van der Waals surface area (Å²) in [6, 6.07) is 4.10.